The van der Waals surface area contributed by atoms with Gasteiger partial charge in [-0.05, 0) is 25.3 Å². The van der Waals surface area contributed by atoms with Crippen LogP contribution in [0.1, 0.15) is 29.8 Å². The molecule has 1 heterocycles. The van der Waals surface area contributed by atoms with Crippen molar-refractivity contribution in [2.24, 2.45) is 0 Å². The Morgan fingerprint density at radius 3 is 2.67 bits per heavy atom. The number of nitrogens with zero attached hydrogens (tertiary/aromatic N) is 3. The Morgan fingerprint density at radius 2 is 2.05 bits per heavy atom. The maximum absolute atomic E-state index is 11.5. The largest absolute Gasteiger partial charge is 0.476 e. The third kappa shape index (κ3) is 2.42. The van der Waals surface area contributed by atoms with Crippen LogP contribution in [0.25, 0.3) is 10.9 Å². The van der Waals surface area contributed by atoms with Gasteiger partial charge < -0.3 is 15.1 Å². The molecule has 1 aliphatic rings. The summed E-state index contributed by atoms with van der Waals surface area (Å²) < 4.78 is 0. The predicted octanol–water partition coefficient (Wildman–Crippen LogP) is 1.68. The van der Waals surface area contributed by atoms with E-state index in [2.05, 4.69) is 10.2 Å². The van der Waals surface area contributed by atoms with Crippen LogP contribution in [0.2, 0.25) is 0 Å². The number of aliphatic hydroxyl groups excluding tert-OH is 1. The molecule has 3 rings (SSSR count). The van der Waals surface area contributed by atoms with E-state index < -0.39 is 5.97 Å². The molecule has 0 bridgehead atoms. The van der Waals surface area contributed by atoms with Gasteiger partial charge in [-0.1, -0.05) is 18.2 Å². The van der Waals surface area contributed by atoms with Gasteiger partial charge in [0.1, 0.15) is 0 Å². The molecular weight excluding hydrogens is 270 g/mol. The average molecular weight is 287 g/mol. The Morgan fingerprint density at radius 1 is 1.29 bits per heavy atom. The van der Waals surface area contributed by atoms with E-state index in [0.717, 1.165) is 24.6 Å². The van der Waals surface area contributed by atoms with Crippen LogP contribution in [0.15, 0.2) is 24.3 Å². The van der Waals surface area contributed by atoms with Crippen molar-refractivity contribution < 1.29 is 15.0 Å². The Balaban J connectivity index is 2.20. The molecule has 0 saturated heterocycles. The van der Waals surface area contributed by atoms with Crippen LogP contribution in [0.3, 0.4) is 0 Å². The number of rotatable bonds is 5. The van der Waals surface area contributed by atoms with Crippen molar-refractivity contribution in [1.82, 2.24) is 10.2 Å². The fraction of sp³-hybridized carbons (Fsp3) is 0.400. The molecule has 1 aromatic carbocycles. The van der Waals surface area contributed by atoms with E-state index in [0.29, 0.717) is 17.7 Å². The van der Waals surface area contributed by atoms with E-state index in [9.17, 15) is 15.0 Å². The quantitative estimate of drug-likeness (QED) is 0.870. The second kappa shape index (κ2) is 5.65. The molecule has 1 aliphatic carbocycles. The molecule has 1 saturated carbocycles. The van der Waals surface area contributed by atoms with Crippen LogP contribution in [0.5, 0.6) is 0 Å². The van der Waals surface area contributed by atoms with Gasteiger partial charge in [0.15, 0.2) is 5.69 Å². The number of carboxylic acids is 1. The van der Waals surface area contributed by atoms with Gasteiger partial charge in [-0.2, -0.15) is 0 Å². The van der Waals surface area contributed by atoms with E-state index in [1.807, 2.05) is 29.2 Å². The number of aromatic carboxylic acids is 1. The number of aromatic nitrogens is 2. The Hall–Kier alpha value is -2.21. The highest BCUT2D eigenvalue weighted by Gasteiger charge is 2.30. The Labute approximate surface area is 122 Å². The molecule has 0 spiro atoms. The lowest BCUT2D eigenvalue weighted by Crippen LogP contribution is -2.43. The monoisotopic (exact) mass is 287 g/mol. The van der Waals surface area contributed by atoms with Gasteiger partial charge >= 0.3 is 5.97 Å². The SMILES string of the molecule is O=C(O)c1nnc2ccccc2c1N(CCO)C1CCC1. The molecule has 21 heavy (non-hydrogen) atoms. The van der Waals surface area contributed by atoms with Crippen LogP contribution in [-0.4, -0.2) is 45.6 Å². The summed E-state index contributed by atoms with van der Waals surface area (Å²) in [5, 5.41) is 27.4. The molecule has 0 amide bonds. The smallest absolute Gasteiger partial charge is 0.358 e. The van der Waals surface area contributed by atoms with Gasteiger partial charge in [-0.15, -0.1) is 10.2 Å². The van der Waals surface area contributed by atoms with E-state index in [1.165, 1.54) is 0 Å². The Bertz CT molecular complexity index is 670. The summed E-state index contributed by atoms with van der Waals surface area (Å²) in [6, 6.07) is 7.64. The maximum Gasteiger partial charge on any atom is 0.358 e. The highest BCUT2D eigenvalue weighted by Crippen LogP contribution is 2.35. The number of benzene rings is 1. The number of hydrogen-bond donors (Lipinski definition) is 2. The maximum atomic E-state index is 11.5. The second-order valence-corrected chi connectivity index (χ2v) is 5.22. The number of aliphatic hydroxyl groups is 1. The highest BCUT2D eigenvalue weighted by atomic mass is 16.4. The first-order chi connectivity index (χ1) is 10.2. The van der Waals surface area contributed by atoms with Crippen molar-refractivity contribution in [3.63, 3.8) is 0 Å². The van der Waals surface area contributed by atoms with Crippen molar-refractivity contribution in [2.75, 3.05) is 18.1 Å². The van der Waals surface area contributed by atoms with Crippen LogP contribution in [0.4, 0.5) is 5.69 Å². The molecule has 0 aliphatic heterocycles. The first-order valence-corrected chi connectivity index (χ1v) is 7.08. The lowest BCUT2D eigenvalue weighted by atomic mass is 9.90. The van der Waals surface area contributed by atoms with E-state index in [1.54, 1.807) is 0 Å². The van der Waals surface area contributed by atoms with Gasteiger partial charge in [0, 0.05) is 18.0 Å². The minimum absolute atomic E-state index is 0.0216. The van der Waals surface area contributed by atoms with Crippen molar-refractivity contribution in [3.05, 3.63) is 30.0 Å². The van der Waals surface area contributed by atoms with Crippen LogP contribution < -0.4 is 4.90 Å². The standard InChI is InChI=1S/C15H17N3O3/c19-9-8-18(10-4-3-5-10)14-11-6-1-2-7-12(11)16-17-13(14)15(20)21/h1-2,6-7,10,19H,3-5,8-9H2,(H,20,21). The highest BCUT2D eigenvalue weighted by molar-refractivity contribution is 6.02. The zero-order chi connectivity index (χ0) is 14.8. The summed E-state index contributed by atoms with van der Waals surface area (Å²) in [7, 11) is 0. The zero-order valence-corrected chi connectivity index (χ0v) is 11.6. The fourth-order valence-corrected chi connectivity index (χ4v) is 2.76. The van der Waals surface area contributed by atoms with E-state index in [-0.39, 0.29) is 18.3 Å². The van der Waals surface area contributed by atoms with Gasteiger partial charge in [0.05, 0.1) is 17.8 Å². The summed E-state index contributed by atoms with van der Waals surface area (Å²) in [5.41, 5.74) is 1.20. The zero-order valence-electron chi connectivity index (χ0n) is 11.6. The molecule has 1 fully saturated rings. The molecule has 0 radical (unpaired) electrons. The number of carbonyl (C=O) groups is 1. The number of anilines is 1. The van der Waals surface area contributed by atoms with Gasteiger partial charge in [-0.25, -0.2) is 4.79 Å². The van der Waals surface area contributed by atoms with Crippen molar-refractivity contribution >= 4 is 22.6 Å². The van der Waals surface area contributed by atoms with Crippen molar-refractivity contribution in [2.45, 2.75) is 25.3 Å². The summed E-state index contributed by atoms with van der Waals surface area (Å²) >= 11 is 0. The third-order valence-electron chi connectivity index (χ3n) is 3.99. The molecule has 0 atom stereocenters. The average Bonchev–Trinajstić information content (AvgIpc) is 2.43. The molecule has 6 nitrogen and oxygen atoms in total. The molecule has 1 aromatic heterocycles. The first-order valence-electron chi connectivity index (χ1n) is 7.08. The molecule has 110 valence electrons. The topological polar surface area (TPSA) is 86.5 Å². The van der Waals surface area contributed by atoms with Crippen LogP contribution >= 0.6 is 0 Å². The lowest BCUT2D eigenvalue weighted by Gasteiger charge is -2.39. The molecule has 6 heteroatoms. The van der Waals surface area contributed by atoms with E-state index in [4.69, 9.17) is 0 Å². The molecule has 2 N–H and O–H groups in total. The molecule has 2 aromatic rings. The minimum Gasteiger partial charge on any atom is -0.476 e. The van der Waals surface area contributed by atoms with Gasteiger partial charge in [-0.3, -0.25) is 0 Å². The van der Waals surface area contributed by atoms with Crippen molar-refractivity contribution in [1.29, 1.82) is 0 Å². The fourth-order valence-electron chi connectivity index (χ4n) is 2.76. The second-order valence-electron chi connectivity index (χ2n) is 5.22. The van der Waals surface area contributed by atoms with E-state index >= 15 is 0 Å². The third-order valence-corrected chi connectivity index (χ3v) is 3.99. The van der Waals surface area contributed by atoms with Crippen molar-refractivity contribution in [3.8, 4) is 0 Å². The minimum atomic E-state index is -1.09. The number of fused-ring (bicyclic) bond motifs is 1. The molecule has 0 unspecified atom stereocenters. The number of carboxylic acid groups (broad SMARTS) is 1. The number of hydrogen-bond acceptors (Lipinski definition) is 5. The normalized spacial score (nSPS) is 14.9. The summed E-state index contributed by atoms with van der Waals surface area (Å²) in [5.74, 6) is -1.09. The summed E-state index contributed by atoms with van der Waals surface area (Å²) in [6.45, 7) is 0.382. The lowest BCUT2D eigenvalue weighted by molar-refractivity contribution is 0.0690. The first kappa shape index (κ1) is 13.8. The Kier molecular flexibility index (Phi) is 3.70. The predicted molar refractivity (Wildman–Crippen MR) is 78.6 cm³/mol. The van der Waals surface area contributed by atoms with Crippen LogP contribution in [-0.2, 0) is 0 Å². The summed E-state index contributed by atoms with van der Waals surface area (Å²) in [6.07, 6.45) is 3.15. The van der Waals surface area contributed by atoms with Gasteiger partial charge in [0.2, 0.25) is 0 Å². The van der Waals surface area contributed by atoms with Gasteiger partial charge in [0.25, 0.3) is 0 Å². The molecular formula is C15H17N3O3. The summed E-state index contributed by atoms with van der Waals surface area (Å²) in [4.78, 5) is 13.5. The van der Waals surface area contributed by atoms with Crippen LogP contribution in [0, 0.1) is 0 Å².